The molecule has 4 nitrogen and oxygen atoms in total. The molecule has 0 aromatic carbocycles. The van der Waals surface area contributed by atoms with Crippen LogP contribution in [-0.2, 0) is 4.57 Å². The van der Waals surface area contributed by atoms with Crippen molar-refractivity contribution in [3.8, 4) is 0 Å². The largest absolute Gasteiger partial charge is 0.396 e. The number of hydrogen-bond acceptors (Lipinski definition) is 3. The third kappa shape index (κ3) is 2.91. The van der Waals surface area contributed by atoms with Gasteiger partial charge in [-0.3, -0.25) is 4.57 Å². The van der Waals surface area contributed by atoms with Crippen molar-refractivity contribution in [2.75, 3.05) is 13.3 Å². The predicted molar refractivity (Wildman–Crippen MR) is 42.6 cm³/mol. The van der Waals surface area contributed by atoms with Gasteiger partial charge in [-0.15, -0.1) is 0 Å². The van der Waals surface area contributed by atoms with Crippen LogP contribution in [0.25, 0.3) is 0 Å². The fraction of sp³-hybridized carbons (Fsp3) is 1.00. The van der Waals surface area contributed by atoms with Crippen LogP contribution in [0.4, 0.5) is 0 Å². The summed E-state index contributed by atoms with van der Waals surface area (Å²) in [6.07, 6.45) is 0. The highest BCUT2D eigenvalue weighted by Gasteiger charge is 2.37. The SMILES string of the molecule is CC(C)(CO)C(O)P(C)(=O)O. The minimum atomic E-state index is -3.50. The molecule has 0 rings (SSSR count). The molecule has 3 N–H and O–H groups in total. The Kier molecular flexibility index (Phi) is 3.27. The Morgan fingerprint density at radius 3 is 2.00 bits per heavy atom. The Morgan fingerprint density at radius 1 is 1.55 bits per heavy atom. The summed E-state index contributed by atoms with van der Waals surface area (Å²) in [5.41, 5.74) is -0.918. The van der Waals surface area contributed by atoms with Crippen molar-refractivity contribution in [2.24, 2.45) is 5.41 Å². The van der Waals surface area contributed by atoms with Gasteiger partial charge in [0.15, 0.2) is 0 Å². The lowest BCUT2D eigenvalue weighted by Gasteiger charge is -2.29. The zero-order valence-electron chi connectivity index (χ0n) is 6.98. The second-order valence-corrected chi connectivity index (χ2v) is 5.84. The zero-order valence-corrected chi connectivity index (χ0v) is 7.88. The first-order valence-corrected chi connectivity index (χ1v) is 5.48. The third-order valence-corrected chi connectivity index (χ3v) is 3.17. The van der Waals surface area contributed by atoms with Gasteiger partial charge in [0.25, 0.3) is 0 Å². The van der Waals surface area contributed by atoms with Crippen molar-refractivity contribution < 1.29 is 19.7 Å². The molecule has 0 bridgehead atoms. The van der Waals surface area contributed by atoms with E-state index in [2.05, 4.69) is 0 Å². The summed E-state index contributed by atoms with van der Waals surface area (Å²) in [5, 5.41) is 18.0. The van der Waals surface area contributed by atoms with E-state index < -0.39 is 18.6 Å². The molecule has 0 saturated heterocycles. The number of aliphatic hydroxyl groups is 2. The molecule has 0 spiro atoms. The van der Waals surface area contributed by atoms with Crippen LogP contribution in [0, 0.1) is 5.41 Å². The van der Waals surface area contributed by atoms with Crippen molar-refractivity contribution in [1.82, 2.24) is 0 Å². The maximum Gasteiger partial charge on any atom is 0.225 e. The van der Waals surface area contributed by atoms with Gasteiger partial charge in [-0.2, -0.15) is 0 Å². The summed E-state index contributed by atoms with van der Waals surface area (Å²) in [6, 6.07) is 0. The molecule has 11 heavy (non-hydrogen) atoms. The molecule has 0 radical (unpaired) electrons. The first-order chi connectivity index (χ1) is 4.72. The number of aliphatic hydroxyl groups excluding tert-OH is 2. The maximum absolute atomic E-state index is 10.9. The topological polar surface area (TPSA) is 77.8 Å². The second kappa shape index (κ2) is 3.23. The van der Waals surface area contributed by atoms with E-state index in [1.54, 1.807) is 0 Å². The van der Waals surface area contributed by atoms with Crippen LogP contribution in [-0.4, -0.2) is 34.2 Å². The van der Waals surface area contributed by atoms with Crippen molar-refractivity contribution in [3.63, 3.8) is 0 Å². The lowest BCUT2D eigenvalue weighted by atomic mass is 9.96. The summed E-state index contributed by atoms with van der Waals surface area (Å²) < 4.78 is 10.9. The van der Waals surface area contributed by atoms with Crippen LogP contribution in [0.3, 0.4) is 0 Å². The van der Waals surface area contributed by atoms with Gasteiger partial charge in [0, 0.05) is 12.1 Å². The molecular formula is C6H15O4P. The van der Waals surface area contributed by atoms with E-state index in [-0.39, 0.29) is 6.61 Å². The molecule has 0 aliphatic heterocycles. The summed E-state index contributed by atoms with van der Waals surface area (Å²) >= 11 is 0. The molecule has 2 atom stereocenters. The van der Waals surface area contributed by atoms with Crippen LogP contribution in [0.5, 0.6) is 0 Å². The molecule has 0 aromatic rings. The van der Waals surface area contributed by atoms with Crippen LogP contribution in [0.2, 0.25) is 0 Å². The van der Waals surface area contributed by atoms with E-state index >= 15 is 0 Å². The average molecular weight is 182 g/mol. The van der Waals surface area contributed by atoms with Crippen LogP contribution >= 0.6 is 7.37 Å². The molecule has 0 heterocycles. The predicted octanol–water partition coefficient (Wildman–Crippen LogP) is 0.223. The Morgan fingerprint density at radius 2 is 1.91 bits per heavy atom. The monoisotopic (exact) mass is 182 g/mol. The number of hydrogen-bond donors (Lipinski definition) is 3. The summed E-state index contributed by atoms with van der Waals surface area (Å²) in [6.45, 7) is 3.83. The lowest BCUT2D eigenvalue weighted by molar-refractivity contribution is 0.0505. The molecule has 5 heteroatoms. The third-order valence-electron chi connectivity index (χ3n) is 1.56. The van der Waals surface area contributed by atoms with Crippen LogP contribution in [0.1, 0.15) is 13.8 Å². The normalized spacial score (nSPS) is 20.9. The molecular weight excluding hydrogens is 167 g/mol. The Balaban J connectivity index is 4.49. The van der Waals surface area contributed by atoms with Crippen molar-refractivity contribution in [1.29, 1.82) is 0 Å². The van der Waals surface area contributed by atoms with Gasteiger partial charge in [-0.05, 0) is 0 Å². The van der Waals surface area contributed by atoms with Crippen molar-refractivity contribution >= 4 is 7.37 Å². The van der Waals surface area contributed by atoms with Crippen LogP contribution in [0.15, 0.2) is 0 Å². The fourth-order valence-electron chi connectivity index (χ4n) is 0.730. The highest BCUT2D eigenvalue weighted by atomic mass is 31.2. The summed E-state index contributed by atoms with van der Waals surface area (Å²) in [4.78, 5) is 8.95. The summed E-state index contributed by atoms with van der Waals surface area (Å²) in [5.74, 6) is -1.36. The van der Waals surface area contributed by atoms with Gasteiger partial charge >= 0.3 is 0 Å². The Hall–Kier alpha value is 0.110. The minimum absolute atomic E-state index is 0.313. The molecule has 0 fully saturated rings. The van der Waals surface area contributed by atoms with E-state index in [1.807, 2.05) is 0 Å². The van der Waals surface area contributed by atoms with Crippen LogP contribution < -0.4 is 0 Å². The number of rotatable bonds is 3. The van der Waals surface area contributed by atoms with Gasteiger partial charge in [-0.25, -0.2) is 0 Å². The molecule has 0 amide bonds. The first kappa shape index (κ1) is 11.1. The highest BCUT2D eigenvalue weighted by Crippen LogP contribution is 2.48. The second-order valence-electron chi connectivity index (χ2n) is 3.46. The Bertz CT molecular complexity index is 171. The molecule has 0 saturated carbocycles. The quantitative estimate of drug-likeness (QED) is 0.546. The minimum Gasteiger partial charge on any atom is -0.396 e. The van der Waals surface area contributed by atoms with Gasteiger partial charge in [0.05, 0.1) is 6.61 Å². The first-order valence-electron chi connectivity index (χ1n) is 3.30. The van der Waals surface area contributed by atoms with Gasteiger partial charge in [0.2, 0.25) is 7.37 Å². The van der Waals surface area contributed by atoms with Crippen molar-refractivity contribution in [2.45, 2.75) is 19.7 Å². The fourth-order valence-corrected chi connectivity index (χ4v) is 2.11. The molecule has 0 aromatic heterocycles. The molecule has 2 unspecified atom stereocenters. The molecule has 68 valence electrons. The van der Waals surface area contributed by atoms with E-state index in [1.165, 1.54) is 13.8 Å². The highest BCUT2D eigenvalue weighted by molar-refractivity contribution is 7.57. The smallest absolute Gasteiger partial charge is 0.225 e. The lowest BCUT2D eigenvalue weighted by Crippen LogP contribution is -2.32. The molecule has 0 aliphatic rings. The van der Waals surface area contributed by atoms with E-state index in [9.17, 15) is 9.67 Å². The van der Waals surface area contributed by atoms with Gasteiger partial charge < -0.3 is 15.1 Å². The molecule has 0 aliphatic carbocycles. The van der Waals surface area contributed by atoms with Crippen molar-refractivity contribution in [3.05, 3.63) is 0 Å². The van der Waals surface area contributed by atoms with E-state index in [0.29, 0.717) is 0 Å². The standard InChI is InChI=1S/C6H15O4P/c1-6(2,4-7)5(8)11(3,9)10/h5,7-8H,4H2,1-3H3,(H,9,10). The summed E-state index contributed by atoms with van der Waals surface area (Å²) in [7, 11) is -3.50. The maximum atomic E-state index is 10.9. The Labute approximate surface area is 66.3 Å². The van der Waals surface area contributed by atoms with Gasteiger partial charge in [-0.1, -0.05) is 13.8 Å². The van der Waals surface area contributed by atoms with E-state index in [4.69, 9.17) is 10.00 Å². The van der Waals surface area contributed by atoms with Gasteiger partial charge in [0.1, 0.15) is 5.85 Å². The average Bonchev–Trinajstić information content (AvgIpc) is 1.84. The zero-order chi connectivity index (χ0) is 9.28. The van der Waals surface area contributed by atoms with E-state index in [0.717, 1.165) is 6.66 Å².